The number of pyridine rings is 1. The fraction of sp³-hybridized carbons (Fsp3) is 0.476. The van der Waals surface area contributed by atoms with Gasteiger partial charge in [-0.1, -0.05) is 44.2 Å². The van der Waals surface area contributed by atoms with Crippen molar-refractivity contribution in [2.75, 3.05) is 0 Å². The molecule has 0 N–H and O–H groups in total. The smallest absolute Gasteiger partial charge is 0.399 e. The minimum absolute atomic E-state index is 0.329. The summed E-state index contributed by atoms with van der Waals surface area (Å²) in [6, 6.07) is 12.6. The van der Waals surface area contributed by atoms with Crippen molar-refractivity contribution < 1.29 is 9.31 Å². The topological polar surface area (TPSA) is 31.4 Å². The van der Waals surface area contributed by atoms with E-state index in [1.54, 1.807) is 0 Å². The molecule has 0 unspecified atom stereocenters. The predicted octanol–water partition coefficient (Wildman–Crippen LogP) is 4.25. The van der Waals surface area contributed by atoms with Gasteiger partial charge in [0.25, 0.3) is 0 Å². The number of hydrogen-bond donors (Lipinski definition) is 0. The van der Waals surface area contributed by atoms with Crippen LogP contribution < -0.4 is 5.46 Å². The molecule has 3 nitrogen and oxygen atoms in total. The summed E-state index contributed by atoms with van der Waals surface area (Å²) in [5.41, 5.74) is 3.72. The zero-order chi connectivity index (χ0) is 18.2. The Labute approximate surface area is 151 Å². The van der Waals surface area contributed by atoms with Crippen molar-refractivity contribution in [3.05, 3.63) is 48.2 Å². The van der Waals surface area contributed by atoms with Gasteiger partial charge in [-0.05, 0) is 62.7 Å². The average Bonchev–Trinajstić information content (AvgIpc) is 2.76. The summed E-state index contributed by atoms with van der Waals surface area (Å²) in [5, 5.41) is 0. The monoisotopic (exact) mass is 337 g/mol. The van der Waals surface area contributed by atoms with Crippen molar-refractivity contribution in [1.29, 1.82) is 0 Å². The second-order valence-electron chi connectivity index (χ2n) is 8.36. The molecule has 4 heteroatoms. The first-order valence-corrected chi connectivity index (χ1v) is 9.09. The highest BCUT2D eigenvalue weighted by Crippen LogP contribution is 2.36. The van der Waals surface area contributed by atoms with Crippen LogP contribution in [0.4, 0.5) is 0 Å². The Balaban J connectivity index is 1.83. The number of nitrogens with zero attached hydrogens (tertiary/aromatic N) is 1. The van der Waals surface area contributed by atoms with Crippen LogP contribution in [-0.2, 0) is 15.7 Å². The van der Waals surface area contributed by atoms with Gasteiger partial charge in [-0.15, -0.1) is 0 Å². The maximum absolute atomic E-state index is 6.16. The van der Waals surface area contributed by atoms with Gasteiger partial charge in [0.15, 0.2) is 0 Å². The van der Waals surface area contributed by atoms with E-state index in [1.807, 2.05) is 12.3 Å². The highest BCUT2D eigenvalue weighted by atomic mass is 16.7. The lowest BCUT2D eigenvalue weighted by Gasteiger charge is -2.32. The lowest BCUT2D eigenvalue weighted by Crippen LogP contribution is -2.41. The fourth-order valence-electron chi connectivity index (χ4n) is 3.01. The van der Waals surface area contributed by atoms with Crippen molar-refractivity contribution in [3.8, 4) is 11.3 Å². The van der Waals surface area contributed by atoms with Gasteiger partial charge in [-0.2, -0.15) is 0 Å². The van der Waals surface area contributed by atoms with E-state index in [-0.39, 0.29) is 18.3 Å². The largest absolute Gasteiger partial charge is 0.494 e. The van der Waals surface area contributed by atoms with E-state index in [2.05, 4.69) is 76.9 Å². The SMILES string of the molecule is CC(C)Cc1ccc(-c2cccc(B3OC(C)(C)C(C)(C)O3)c2)nc1. The second kappa shape index (κ2) is 6.58. The molecule has 0 aliphatic carbocycles. The highest BCUT2D eigenvalue weighted by molar-refractivity contribution is 6.62. The van der Waals surface area contributed by atoms with Crippen molar-refractivity contribution in [2.45, 2.75) is 59.2 Å². The first kappa shape index (κ1) is 18.2. The minimum atomic E-state index is -0.342. The third-order valence-corrected chi connectivity index (χ3v) is 5.18. The third-order valence-electron chi connectivity index (χ3n) is 5.18. The Morgan fingerprint density at radius 2 is 1.68 bits per heavy atom. The molecule has 0 atom stereocenters. The van der Waals surface area contributed by atoms with Gasteiger partial charge in [-0.25, -0.2) is 0 Å². The van der Waals surface area contributed by atoms with Gasteiger partial charge in [0.2, 0.25) is 0 Å². The normalized spacial score (nSPS) is 18.8. The van der Waals surface area contributed by atoms with Gasteiger partial charge in [0.05, 0.1) is 16.9 Å². The molecular weight excluding hydrogens is 309 g/mol. The molecule has 0 radical (unpaired) electrons. The molecule has 0 saturated carbocycles. The van der Waals surface area contributed by atoms with Crippen molar-refractivity contribution in [1.82, 2.24) is 4.98 Å². The number of benzene rings is 1. The molecular formula is C21H28BNO2. The number of rotatable bonds is 4. The standard InChI is InChI=1S/C21H28BNO2/c1-15(2)12-16-10-11-19(23-14-16)17-8-7-9-18(13-17)22-24-20(3,4)21(5,6)25-22/h7-11,13-15H,12H2,1-6H3. The Morgan fingerprint density at radius 3 is 2.24 bits per heavy atom. The van der Waals surface area contributed by atoms with Gasteiger partial charge in [-0.3, -0.25) is 4.98 Å². The molecule has 25 heavy (non-hydrogen) atoms. The molecule has 0 bridgehead atoms. The minimum Gasteiger partial charge on any atom is -0.399 e. The van der Waals surface area contributed by atoms with Gasteiger partial charge < -0.3 is 9.31 Å². The Morgan fingerprint density at radius 1 is 1.00 bits per heavy atom. The Hall–Kier alpha value is -1.65. The first-order valence-electron chi connectivity index (χ1n) is 9.09. The zero-order valence-electron chi connectivity index (χ0n) is 16.2. The summed E-state index contributed by atoms with van der Waals surface area (Å²) in [6.07, 6.45) is 3.04. The fourth-order valence-corrected chi connectivity index (χ4v) is 3.01. The molecule has 1 aliphatic heterocycles. The number of hydrogen-bond acceptors (Lipinski definition) is 3. The number of aromatic nitrogens is 1. The Bertz CT molecular complexity index is 722. The van der Waals surface area contributed by atoms with Crippen LogP contribution in [0.3, 0.4) is 0 Å². The molecule has 1 fully saturated rings. The second-order valence-corrected chi connectivity index (χ2v) is 8.36. The molecule has 2 heterocycles. The van der Waals surface area contributed by atoms with Crippen LogP contribution in [0.5, 0.6) is 0 Å². The van der Waals surface area contributed by atoms with Crippen LogP contribution in [-0.4, -0.2) is 23.3 Å². The maximum Gasteiger partial charge on any atom is 0.494 e. The van der Waals surface area contributed by atoms with Crippen LogP contribution in [0.25, 0.3) is 11.3 Å². The van der Waals surface area contributed by atoms with E-state index >= 15 is 0 Å². The van der Waals surface area contributed by atoms with Gasteiger partial charge in [0, 0.05) is 6.20 Å². The molecule has 1 aromatic carbocycles. The lowest BCUT2D eigenvalue weighted by molar-refractivity contribution is 0.00578. The molecule has 1 aromatic heterocycles. The van der Waals surface area contributed by atoms with Crippen LogP contribution in [0.1, 0.15) is 47.1 Å². The molecule has 3 rings (SSSR count). The highest BCUT2D eigenvalue weighted by Gasteiger charge is 2.51. The average molecular weight is 337 g/mol. The van der Waals surface area contributed by atoms with E-state index in [0.29, 0.717) is 5.92 Å². The molecule has 0 spiro atoms. The molecule has 2 aromatic rings. The lowest BCUT2D eigenvalue weighted by atomic mass is 9.78. The maximum atomic E-state index is 6.16. The molecule has 132 valence electrons. The molecule has 1 aliphatic rings. The van der Waals surface area contributed by atoms with E-state index in [4.69, 9.17) is 9.31 Å². The summed E-state index contributed by atoms with van der Waals surface area (Å²) in [4.78, 5) is 4.65. The van der Waals surface area contributed by atoms with Crippen molar-refractivity contribution >= 4 is 12.6 Å². The van der Waals surface area contributed by atoms with Crippen molar-refractivity contribution in [2.24, 2.45) is 5.92 Å². The quantitative estimate of drug-likeness (QED) is 0.782. The van der Waals surface area contributed by atoms with E-state index in [0.717, 1.165) is 23.1 Å². The van der Waals surface area contributed by atoms with E-state index in [1.165, 1.54) is 5.56 Å². The summed E-state index contributed by atoms with van der Waals surface area (Å²) in [7, 11) is -0.342. The van der Waals surface area contributed by atoms with E-state index in [9.17, 15) is 0 Å². The van der Waals surface area contributed by atoms with Crippen LogP contribution in [0.2, 0.25) is 0 Å². The van der Waals surface area contributed by atoms with Crippen LogP contribution >= 0.6 is 0 Å². The summed E-state index contributed by atoms with van der Waals surface area (Å²) >= 11 is 0. The van der Waals surface area contributed by atoms with Crippen molar-refractivity contribution in [3.63, 3.8) is 0 Å². The van der Waals surface area contributed by atoms with E-state index < -0.39 is 0 Å². The van der Waals surface area contributed by atoms with Crippen LogP contribution in [0.15, 0.2) is 42.6 Å². The van der Waals surface area contributed by atoms with Crippen LogP contribution in [0, 0.1) is 5.92 Å². The Kier molecular flexibility index (Phi) is 4.78. The predicted molar refractivity (Wildman–Crippen MR) is 104 cm³/mol. The van der Waals surface area contributed by atoms with Gasteiger partial charge >= 0.3 is 7.12 Å². The molecule has 1 saturated heterocycles. The zero-order valence-corrected chi connectivity index (χ0v) is 16.2. The third kappa shape index (κ3) is 3.80. The first-order chi connectivity index (χ1) is 11.7. The summed E-state index contributed by atoms with van der Waals surface area (Å²) in [6.45, 7) is 12.7. The van der Waals surface area contributed by atoms with Gasteiger partial charge in [0.1, 0.15) is 0 Å². The summed E-state index contributed by atoms with van der Waals surface area (Å²) < 4.78 is 12.3. The summed E-state index contributed by atoms with van der Waals surface area (Å²) in [5.74, 6) is 0.638. The molecule has 0 amide bonds.